The van der Waals surface area contributed by atoms with E-state index in [0.717, 1.165) is 16.9 Å². The monoisotopic (exact) mass is 366 g/mol. The molecule has 8 nitrogen and oxygen atoms in total. The van der Waals surface area contributed by atoms with Gasteiger partial charge in [0.2, 0.25) is 5.84 Å². The second-order valence-corrected chi connectivity index (χ2v) is 6.44. The SMILES string of the molecule is Cc1ccc(N2NC(C(=O)NCc3ccnc(N(C)C)c3)=NCC2=O)cc1. The fourth-order valence-electron chi connectivity index (χ4n) is 2.53. The molecule has 8 heteroatoms. The molecule has 2 N–H and O–H groups in total. The lowest BCUT2D eigenvalue weighted by atomic mass is 10.2. The Morgan fingerprint density at radius 3 is 2.70 bits per heavy atom. The van der Waals surface area contributed by atoms with Crippen LogP contribution in [0.4, 0.5) is 11.5 Å². The zero-order valence-corrected chi connectivity index (χ0v) is 15.6. The van der Waals surface area contributed by atoms with E-state index in [4.69, 9.17) is 0 Å². The van der Waals surface area contributed by atoms with Gasteiger partial charge in [-0.3, -0.25) is 20.0 Å². The molecule has 0 radical (unpaired) electrons. The first-order chi connectivity index (χ1) is 12.9. The number of hydrazine groups is 1. The number of hydrogen-bond donors (Lipinski definition) is 2. The molecule has 140 valence electrons. The van der Waals surface area contributed by atoms with Gasteiger partial charge in [-0.05, 0) is 36.8 Å². The zero-order valence-electron chi connectivity index (χ0n) is 15.6. The molecule has 1 aromatic carbocycles. The number of carbonyl (C=O) groups excluding carboxylic acids is 2. The highest BCUT2D eigenvalue weighted by Crippen LogP contribution is 2.15. The summed E-state index contributed by atoms with van der Waals surface area (Å²) in [6.07, 6.45) is 1.70. The van der Waals surface area contributed by atoms with Crippen molar-refractivity contribution in [2.75, 3.05) is 30.5 Å². The van der Waals surface area contributed by atoms with Crippen LogP contribution in [0.1, 0.15) is 11.1 Å². The van der Waals surface area contributed by atoms with Crippen molar-refractivity contribution in [1.29, 1.82) is 0 Å². The zero-order chi connectivity index (χ0) is 19.4. The molecule has 1 aliphatic heterocycles. The summed E-state index contributed by atoms with van der Waals surface area (Å²) in [6.45, 7) is 2.22. The molecular formula is C19H22N6O2. The number of anilines is 2. The van der Waals surface area contributed by atoms with Crippen molar-refractivity contribution >= 4 is 29.2 Å². The standard InChI is InChI=1S/C19H22N6O2/c1-13-4-6-15(7-5-13)25-17(26)12-21-18(23-25)19(27)22-11-14-8-9-20-16(10-14)24(2)3/h4-10H,11-12H2,1-3H3,(H,21,23)(H,22,27). The van der Waals surface area contributed by atoms with Crippen LogP contribution in [0.2, 0.25) is 0 Å². The predicted molar refractivity (Wildman–Crippen MR) is 105 cm³/mol. The van der Waals surface area contributed by atoms with E-state index >= 15 is 0 Å². The second-order valence-electron chi connectivity index (χ2n) is 6.44. The Kier molecular flexibility index (Phi) is 5.35. The molecule has 3 rings (SSSR count). The molecule has 0 fully saturated rings. The molecule has 0 unspecified atom stereocenters. The average molecular weight is 366 g/mol. The predicted octanol–water partition coefficient (Wildman–Crippen LogP) is 1.02. The normalized spacial score (nSPS) is 13.7. The van der Waals surface area contributed by atoms with Crippen molar-refractivity contribution in [2.24, 2.45) is 4.99 Å². The third-order valence-corrected chi connectivity index (χ3v) is 4.07. The van der Waals surface area contributed by atoms with Gasteiger partial charge in [-0.15, -0.1) is 0 Å². The van der Waals surface area contributed by atoms with Gasteiger partial charge in [0.1, 0.15) is 12.4 Å². The van der Waals surface area contributed by atoms with E-state index in [1.54, 1.807) is 6.20 Å². The van der Waals surface area contributed by atoms with Gasteiger partial charge in [0.05, 0.1) is 5.69 Å². The van der Waals surface area contributed by atoms with Crippen molar-refractivity contribution in [2.45, 2.75) is 13.5 Å². The van der Waals surface area contributed by atoms with Crippen LogP contribution in [0.3, 0.4) is 0 Å². The quantitative estimate of drug-likeness (QED) is 0.825. The third-order valence-electron chi connectivity index (χ3n) is 4.07. The van der Waals surface area contributed by atoms with Gasteiger partial charge < -0.3 is 10.2 Å². The minimum absolute atomic E-state index is 0.0797. The number of amides is 2. The first-order valence-electron chi connectivity index (χ1n) is 8.55. The van der Waals surface area contributed by atoms with Gasteiger partial charge in [-0.1, -0.05) is 17.7 Å². The fourth-order valence-corrected chi connectivity index (χ4v) is 2.53. The number of carbonyl (C=O) groups is 2. The van der Waals surface area contributed by atoms with Gasteiger partial charge in [0.15, 0.2) is 0 Å². The number of aryl methyl sites for hydroxylation is 1. The van der Waals surface area contributed by atoms with Crippen LogP contribution in [0, 0.1) is 6.92 Å². The number of hydrogen-bond acceptors (Lipinski definition) is 6. The van der Waals surface area contributed by atoms with Gasteiger partial charge in [0.25, 0.3) is 11.8 Å². The molecule has 0 saturated heterocycles. The number of rotatable bonds is 5. The molecule has 0 bridgehead atoms. The van der Waals surface area contributed by atoms with E-state index in [1.165, 1.54) is 5.01 Å². The van der Waals surface area contributed by atoms with Crippen LogP contribution >= 0.6 is 0 Å². The molecule has 0 aliphatic carbocycles. The van der Waals surface area contributed by atoms with Gasteiger partial charge in [-0.25, -0.2) is 9.99 Å². The summed E-state index contributed by atoms with van der Waals surface area (Å²) in [5.41, 5.74) is 5.48. The molecule has 0 saturated carbocycles. The summed E-state index contributed by atoms with van der Waals surface area (Å²) in [4.78, 5) is 34.8. The lowest BCUT2D eigenvalue weighted by Gasteiger charge is -2.27. The largest absolute Gasteiger partial charge is 0.363 e. The number of aliphatic imine (C=N–C) groups is 1. The summed E-state index contributed by atoms with van der Waals surface area (Å²) in [7, 11) is 3.81. The number of nitrogens with one attached hydrogen (secondary N) is 2. The fraction of sp³-hybridized carbons (Fsp3) is 0.263. The number of benzene rings is 1. The molecule has 1 aliphatic rings. The molecule has 1 aromatic heterocycles. The van der Waals surface area contributed by atoms with Crippen LogP contribution in [-0.4, -0.2) is 43.3 Å². The Hall–Kier alpha value is -3.42. The van der Waals surface area contributed by atoms with Crippen LogP contribution in [0.5, 0.6) is 0 Å². The highest BCUT2D eigenvalue weighted by Gasteiger charge is 2.25. The first-order valence-corrected chi connectivity index (χ1v) is 8.55. The Morgan fingerprint density at radius 1 is 1.26 bits per heavy atom. The maximum absolute atomic E-state index is 12.5. The lowest BCUT2D eigenvalue weighted by molar-refractivity contribution is -0.118. The summed E-state index contributed by atoms with van der Waals surface area (Å²) >= 11 is 0. The van der Waals surface area contributed by atoms with Crippen LogP contribution in [-0.2, 0) is 16.1 Å². The third kappa shape index (κ3) is 4.41. The van der Waals surface area contributed by atoms with Gasteiger partial charge >= 0.3 is 0 Å². The van der Waals surface area contributed by atoms with Crippen LogP contribution in [0.15, 0.2) is 47.6 Å². The van der Waals surface area contributed by atoms with E-state index in [1.807, 2.05) is 62.3 Å². The Morgan fingerprint density at radius 2 is 2.00 bits per heavy atom. The maximum atomic E-state index is 12.5. The molecule has 27 heavy (non-hydrogen) atoms. The number of aromatic nitrogens is 1. The smallest absolute Gasteiger partial charge is 0.288 e. The summed E-state index contributed by atoms with van der Waals surface area (Å²) in [5, 5.41) is 4.16. The summed E-state index contributed by atoms with van der Waals surface area (Å²) < 4.78 is 0. The van der Waals surface area contributed by atoms with Gasteiger partial charge in [0, 0.05) is 26.8 Å². The molecule has 2 heterocycles. The minimum Gasteiger partial charge on any atom is -0.363 e. The van der Waals surface area contributed by atoms with Crippen LogP contribution < -0.4 is 20.7 Å². The minimum atomic E-state index is -0.372. The average Bonchev–Trinajstić information content (AvgIpc) is 2.67. The molecular weight excluding hydrogens is 344 g/mol. The molecule has 2 amide bonds. The Bertz CT molecular complexity index is 876. The second kappa shape index (κ2) is 7.86. The van der Waals surface area contributed by atoms with E-state index in [9.17, 15) is 9.59 Å². The molecule has 0 spiro atoms. The Labute approximate surface area is 157 Å². The highest BCUT2D eigenvalue weighted by atomic mass is 16.2. The number of nitrogens with zero attached hydrogens (tertiary/aromatic N) is 4. The van der Waals surface area contributed by atoms with Crippen molar-refractivity contribution in [3.63, 3.8) is 0 Å². The van der Waals surface area contributed by atoms with Crippen molar-refractivity contribution in [3.05, 3.63) is 53.7 Å². The van der Waals surface area contributed by atoms with Crippen molar-refractivity contribution in [1.82, 2.24) is 15.7 Å². The highest BCUT2D eigenvalue weighted by molar-refractivity contribution is 6.39. The van der Waals surface area contributed by atoms with E-state index in [-0.39, 0.29) is 24.2 Å². The van der Waals surface area contributed by atoms with Crippen molar-refractivity contribution < 1.29 is 9.59 Å². The topological polar surface area (TPSA) is 89.9 Å². The molecule has 0 atom stereocenters. The van der Waals surface area contributed by atoms with E-state index in [0.29, 0.717) is 12.2 Å². The lowest BCUT2D eigenvalue weighted by Crippen LogP contribution is -2.55. The number of pyridine rings is 1. The van der Waals surface area contributed by atoms with E-state index < -0.39 is 0 Å². The Balaban J connectivity index is 1.65. The van der Waals surface area contributed by atoms with Crippen LogP contribution in [0.25, 0.3) is 0 Å². The van der Waals surface area contributed by atoms with Crippen molar-refractivity contribution in [3.8, 4) is 0 Å². The number of amidine groups is 1. The first kappa shape index (κ1) is 18.4. The van der Waals surface area contributed by atoms with Gasteiger partial charge in [-0.2, -0.15) is 0 Å². The summed E-state index contributed by atoms with van der Waals surface area (Å²) in [6, 6.07) is 11.2. The summed E-state index contributed by atoms with van der Waals surface area (Å²) in [5.74, 6) is 0.325. The van der Waals surface area contributed by atoms with E-state index in [2.05, 4.69) is 20.7 Å². The maximum Gasteiger partial charge on any atom is 0.288 e. The molecule has 2 aromatic rings.